The molecule has 3 radical (unpaired) electrons. The molecule has 0 spiro atoms. The van der Waals surface area contributed by atoms with Crippen LogP contribution in [-0.2, 0) is 57.5 Å². The van der Waals surface area contributed by atoms with Gasteiger partial charge in [0.1, 0.15) is 0 Å². The van der Waals surface area contributed by atoms with Crippen LogP contribution >= 0.6 is 0 Å². The molecule has 0 bridgehead atoms. The number of aliphatic carboxylic acids is 12. The van der Waals surface area contributed by atoms with Gasteiger partial charge in [-0.25, -0.2) is 0 Å². The maximum atomic E-state index is 9.00. The van der Waals surface area contributed by atoms with E-state index in [0.29, 0.717) is 39.3 Å². The first-order valence-corrected chi connectivity index (χ1v) is 15.1. The summed E-state index contributed by atoms with van der Waals surface area (Å²) in [6, 6.07) is 0. The van der Waals surface area contributed by atoms with Gasteiger partial charge in [0, 0.05) is 211 Å². The molecule has 0 saturated heterocycles. The standard InChI is InChI=1S/3C2H8N2.12C2H4O2.3Na.3H2O/c3*3-1-2-4;12*1-2(3)4;;;;;;/h3*1-4H2;12*1H3,(H,3,4);;;;3*1H2. The minimum atomic E-state index is -0.833. The first-order valence-electron chi connectivity index (χ1n) is 15.1. The topological polar surface area (TPSA) is 698 Å². The first-order chi connectivity index (χ1) is 26.5. The van der Waals surface area contributed by atoms with Crippen molar-refractivity contribution in [2.24, 2.45) is 34.4 Å². The molecular formula is C30H78N6Na3O27. The maximum Gasteiger partial charge on any atom is 0.300 e. The summed E-state index contributed by atoms with van der Waals surface area (Å²) in [5.74, 6) is -10.0. The summed E-state index contributed by atoms with van der Waals surface area (Å²) >= 11 is 0. The van der Waals surface area contributed by atoms with Gasteiger partial charge in [-0.15, -0.1) is 0 Å². The van der Waals surface area contributed by atoms with Crippen molar-refractivity contribution in [2.45, 2.75) is 83.1 Å². The molecule has 0 aromatic carbocycles. The van der Waals surface area contributed by atoms with Crippen LogP contribution in [0.15, 0.2) is 0 Å². The van der Waals surface area contributed by atoms with E-state index in [1.165, 1.54) is 0 Å². The zero-order chi connectivity index (χ0) is 53.2. The van der Waals surface area contributed by atoms with Gasteiger partial charge in [0.25, 0.3) is 71.6 Å². The Morgan fingerprint density at radius 1 is 0.212 bits per heavy atom. The Morgan fingerprint density at radius 2 is 0.227 bits per heavy atom. The van der Waals surface area contributed by atoms with Gasteiger partial charge in [-0.05, 0) is 0 Å². The van der Waals surface area contributed by atoms with E-state index in [1.54, 1.807) is 0 Å². The Balaban J connectivity index is -0.0000000172. The quantitative estimate of drug-likeness (QED) is 0.117. The molecule has 0 amide bonds. The number of nitrogens with two attached hydrogens (primary N) is 6. The maximum absolute atomic E-state index is 9.00. The number of hydrogen-bond donors (Lipinski definition) is 18. The summed E-state index contributed by atoms with van der Waals surface area (Å²) in [5, 5.41) is 89.0. The molecule has 30 N–H and O–H groups in total. The van der Waals surface area contributed by atoms with Gasteiger partial charge >= 0.3 is 0 Å². The van der Waals surface area contributed by atoms with E-state index < -0.39 is 71.6 Å². The Morgan fingerprint density at radius 3 is 0.227 bits per heavy atom. The molecule has 0 saturated carbocycles. The number of carboxylic acid groups (broad SMARTS) is 12. The molecule has 0 atom stereocenters. The minimum Gasteiger partial charge on any atom is -0.481 e. The Labute approximate surface area is 449 Å². The molecule has 0 fully saturated rings. The van der Waals surface area contributed by atoms with Crippen molar-refractivity contribution in [3.05, 3.63) is 0 Å². The normalized spacial score (nSPS) is 5.91. The van der Waals surface area contributed by atoms with Gasteiger partial charge < -0.3 is 112 Å². The molecule has 36 heteroatoms. The largest absolute Gasteiger partial charge is 0.481 e. The summed E-state index contributed by atoms with van der Waals surface area (Å²) in [6.45, 7) is 16.6. The fourth-order valence-electron chi connectivity index (χ4n) is 0. The molecule has 0 aliphatic carbocycles. The van der Waals surface area contributed by atoms with Crippen LogP contribution in [0.5, 0.6) is 0 Å². The molecule has 66 heavy (non-hydrogen) atoms. The Hall–Kier alpha value is -3.72. The number of carbonyl (C=O) groups is 12. The van der Waals surface area contributed by atoms with Crippen molar-refractivity contribution in [1.29, 1.82) is 0 Å². The summed E-state index contributed by atoms with van der Waals surface area (Å²) in [5.41, 5.74) is 29.4. The third-order valence-electron chi connectivity index (χ3n) is 0.500. The van der Waals surface area contributed by atoms with Crippen molar-refractivity contribution < 1.29 is 135 Å². The summed E-state index contributed by atoms with van der Waals surface area (Å²) in [4.78, 5) is 108. The van der Waals surface area contributed by atoms with Crippen molar-refractivity contribution in [3.63, 3.8) is 0 Å². The zero-order valence-electron chi connectivity index (χ0n) is 40.5. The fourth-order valence-corrected chi connectivity index (χ4v) is 0. The van der Waals surface area contributed by atoms with Crippen LogP contribution in [0, 0.1) is 0 Å². The molecule has 393 valence electrons. The smallest absolute Gasteiger partial charge is 0.300 e. The van der Waals surface area contributed by atoms with E-state index in [9.17, 15) is 0 Å². The van der Waals surface area contributed by atoms with Gasteiger partial charge in [0.2, 0.25) is 0 Å². The third kappa shape index (κ3) is 409000. The van der Waals surface area contributed by atoms with E-state index in [2.05, 4.69) is 0 Å². The van der Waals surface area contributed by atoms with E-state index >= 15 is 0 Å². The third-order valence-corrected chi connectivity index (χ3v) is 0.500. The van der Waals surface area contributed by atoms with Crippen molar-refractivity contribution >= 4 is 160 Å². The molecule has 0 aromatic rings. The van der Waals surface area contributed by atoms with Crippen LogP contribution in [0.4, 0.5) is 0 Å². The van der Waals surface area contributed by atoms with Crippen LogP contribution in [0.25, 0.3) is 0 Å². The van der Waals surface area contributed by atoms with Crippen LogP contribution in [0.1, 0.15) is 83.1 Å². The average molecular weight is 1020 g/mol. The predicted molar refractivity (Wildman–Crippen MR) is 242 cm³/mol. The minimum absolute atomic E-state index is 0. The van der Waals surface area contributed by atoms with Gasteiger partial charge in [-0.1, -0.05) is 0 Å². The zero-order valence-corrected chi connectivity index (χ0v) is 46.5. The number of carboxylic acids is 12. The molecule has 0 heterocycles. The molecule has 33 nitrogen and oxygen atoms in total. The summed E-state index contributed by atoms with van der Waals surface area (Å²) < 4.78 is 0. The van der Waals surface area contributed by atoms with Crippen molar-refractivity contribution in [1.82, 2.24) is 0 Å². The van der Waals surface area contributed by atoms with Crippen LogP contribution < -0.4 is 34.4 Å². The second-order valence-electron chi connectivity index (χ2n) is 7.96. The Kier molecular flexibility index (Phi) is 316. The molecule has 0 unspecified atom stereocenters. The van der Waals surface area contributed by atoms with Crippen LogP contribution in [0.2, 0.25) is 0 Å². The molecule has 0 aliphatic rings. The van der Waals surface area contributed by atoms with Gasteiger partial charge in [0.15, 0.2) is 0 Å². The van der Waals surface area contributed by atoms with E-state index in [1.807, 2.05) is 0 Å². The second-order valence-corrected chi connectivity index (χ2v) is 7.96. The van der Waals surface area contributed by atoms with Gasteiger partial charge in [-0.3, -0.25) is 57.5 Å². The van der Waals surface area contributed by atoms with E-state index in [-0.39, 0.29) is 105 Å². The van der Waals surface area contributed by atoms with E-state index in [4.69, 9.17) is 153 Å². The van der Waals surface area contributed by atoms with Crippen LogP contribution in [0.3, 0.4) is 0 Å². The van der Waals surface area contributed by atoms with E-state index in [0.717, 1.165) is 83.1 Å². The molecule has 0 aliphatic heterocycles. The van der Waals surface area contributed by atoms with Gasteiger partial charge in [-0.2, -0.15) is 0 Å². The van der Waals surface area contributed by atoms with Crippen LogP contribution in [-0.4, -0.2) is 277 Å². The summed E-state index contributed by atoms with van der Waals surface area (Å²) in [6.07, 6.45) is 0. The number of hydrogen-bond acceptors (Lipinski definition) is 18. The molecule has 0 rings (SSSR count). The molecular weight excluding hydrogens is 945 g/mol. The number of rotatable bonds is 3. The molecule has 0 aromatic heterocycles. The van der Waals surface area contributed by atoms with Gasteiger partial charge in [0.05, 0.1) is 0 Å². The monoisotopic (exact) mass is 1020 g/mol. The summed E-state index contributed by atoms with van der Waals surface area (Å²) in [7, 11) is 0. The van der Waals surface area contributed by atoms with Crippen molar-refractivity contribution in [2.75, 3.05) is 39.3 Å². The first kappa shape index (κ1) is 137. The van der Waals surface area contributed by atoms with Crippen molar-refractivity contribution in [3.8, 4) is 0 Å². The average Bonchev–Trinajstić information content (AvgIpc) is 2.94. The Bertz CT molecular complexity index is 714. The SMILES string of the molecule is CC(=O)O.CC(=O)O.CC(=O)O.CC(=O)O.CC(=O)O.CC(=O)O.CC(=O)O.CC(=O)O.CC(=O)O.CC(=O)O.CC(=O)O.CC(=O)O.NCCN.NCCN.NCCN.O.O.O.[Na].[Na].[Na]. The fraction of sp³-hybridized carbons (Fsp3) is 0.600. The second kappa shape index (κ2) is 152. The predicted octanol–water partition coefficient (Wildman–Crippen LogP) is -5.81.